The van der Waals surface area contributed by atoms with Crippen molar-refractivity contribution in [2.75, 3.05) is 0 Å². The fourth-order valence-electron chi connectivity index (χ4n) is 3.54. The Bertz CT molecular complexity index is 742. The van der Waals surface area contributed by atoms with Gasteiger partial charge in [-0.1, -0.05) is 53.7 Å². The Labute approximate surface area is 156 Å². The summed E-state index contributed by atoms with van der Waals surface area (Å²) in [5, 5.41) is 15.2. The predicted octanol–water partition coefficient (Wildman–Crippen LogP) is 3.92. The summed E-state index contributed by atoms with van der Waals surface area (Å²) >= 11 is 0. The summed E-state index contributed by atoms with van der Waals surface area (Å²) in [7, 11) is 0. The number of aromatic nitrogens is 3. The van der Waals surface area contributed by atoms with Crippen LogP contribution in [0.3, 0.4) is 0 Å². The monoisotopic (exact) mass is 357 g/mol. The minimum absolute atomic E-state index is 0.0337. The smallest absolute Gasteiger partial charge is 0.137 e. The third-order valence-corrected chi connectivity index (χ3v) is 5.20. The molecule has 1 N–H and O–H groups in total. The molecule has 2 aromatic rings. The van der Waals surface area contributed by atoms with E-state index in [0.717, 1.165) is 12.2 Å². The van der Waals surface area contributed by atoms with Gasteiger partial charge in [-0.3, -0.25) is 0 Å². The van der Waals surface area contributed by atoms with Crippen LogP contribution in [-0.4, -0.2) is 32.1 Å². The average Bonchev–Trinajstić information content (AvgIpc) is 3.18. The first-order chi connectivity index (χ1) is 12.1. The first-order valence-corrected chi connectivity index (χ1v) is 9.38. The Morgan fingerprint density at radius 1 is 1.23 bits per heavy atom. The van der Waals surface area contributed by atoms with Crippen molar-refractivity contribution in [3.8, 4) is 5.75 Å². The zero-order chi connectivity index (χ0) is 19.1. The molecule has 3 atom stereocenters. The lowest BCUT2D eigenvalue weighted by Gasteiger charge is -2.34. The highest BCUT2D eigenvalue weighted by atomic mass is 16.5. The average molecular weight is 357 g/mol. The van der Waals surface area contributed by atoms with Gasteiger partial charge in [0.25, 0.3) is 0 Å². The predicted molar refractivity (Wildman–Crippen MR) is 102 cm³/mol. The van der Waals surface area contributed by atoms with E-state index in [-0.39, 0.29) is 23.0 Å². The van der Waals surface area contributed by atoms with Crippen molar-refractivity contribution in [3.63, 3.8) is 0 Å². The molecule has 5 heteroatoms. The van der Waals surface area contributed by atoms with Gasteiger partial charge in [-0.15, -0.1) is 0 Å². The van der Waals surface area contributed by atoms with Crippen LogP contribution in [-0.2, 0) is 11.8 Å². The first kappa shape index (κ1) is 18.9. The summed E-state index contributed by atoms with van der Waals surface area (Å²) in [5.41, 5.74) is 2.45. The van der Waals surface area contributed by atoms with Crippen molar-refractivity contribution >= 4 is 0 Å². The summed E-state index contributed by atoms with van der Waals surface area (Å²) in [6, 6.07) is 6.33. The number of nitrogens with zero attached hydrogens (tertiary/aromatic N) is 3. The molecule has 0 aliphatic carbocycles. The van der Waals surface area contributed by atoms with Gasteiger partial charge >= 0.3 is 0 Å². The molecule has 0 spiro atoms. The minimum Gasteiger partial charge on any atom is -0.490 e. The Balaban J connectivity index is 1.79. The number of fused-ring (bicyclic) bond motifs is 1. The van der Waals surface area contributed by atoms with Crippen molar-refractivity contribution in [3.05, 3.63) is 42.0 Å². The van der Waals surface area contributed by atoms with E-state index in [1.54, 1.807) is 11.0 Å². The zero-order valence-corrected chi connectivity index (χ0v) is 16.7. The molecule has 1 aliphatic rings. The molecule has 0 amide bonds. The molecule has 3 unspecified atom stereocenters. The van der Waals surface area contributed by atoms with Crippen LogP contribution in [0.2, 0.25) is 0 Å². The summed E-state index contributed by atoms with van der Waals surface area (Å²) in [6.45, 7) is 12.8. The van der Waals surface area contributed by atoms with Crippen molar-refractivity contribution in [2.24, 2.45) is 5.41 Å². The van der Waals surface area contributed by atoms with E-state index in [1.807, 2.05) is 20.8 Å². The SMILES string of the molecule is CC(C)(C)c1ccc2c(c1)CC(CC(C(O)C(C)(C)C)n1cncn1)O2. The van der Waals surface area contributed by atoms with E-state index < -0.39 is 6.10 Å². The van der Waals surface area contributed by atoms with Crippen LogP contribution in [0.1, 0.15) is 65.1 Å². The van der Waals surface area contributed by atoms with E-state index >= 15 is 0 Å². The number of rotatable bonds is 4. The van der Waals surface area contributed by atoms with Gasteiger partial charge in [0.05, 0.1) is 12.1 Å². The highest BCUT2D eigenvalue weighted by Gasteiger charge is 2.36. The van der Waals surface area contributed by atoms with E-state index in [4.69, 9.17) is 4.74 Å². The van der Waals surface area contributed by atoms with Crippen LogP contribution >= 0.6 is 0 Å². The second-order valence-electron chi connectivity index (χ2n) is 9.51. The van der Waals surface area contributed by atoms with Crippen LogP contribution in [0.15, 0.2) is 30.9 Å². The second kappa shape index (κ2) is 6.69. The lowest BCUT2D eigenvalue weighted by molar-refractivity contribution is -0.00212. The molecule has 0 saturated carbocycles. The molecule has 26 heavy (non-hydrogen) atoms. The standard InChI is InChI=1S/C21H31N3O2/c1-20(2,3)15-7-8-18-14(9-15)10-16(26-18)11-17(19(25)21(4,5)6)24-13-22-12-23-24/h7-9,12-13,16-17,19,25H,10-11H2,1-6H3. The number of aliphatic hydroxyl groups is 1. The first-order valence-electron chi connectivity index (χ1n) is 9.38. The summed E-state index contributed by atoms with van der Waals surface area (Å²) in [4.78, 5) is 4.06. The van der Waals surface area contributed by atoms with Crippen LogP contribution in [0.5, 0.6) is 5.75 Å². The largest absolute Gasteiger partial charge is 0.490 e. The highest BCUT2D eigenvalue weighted by molar-refractivity contribution is 5.42. The van der Waals surface area contributed by atoms with Crippen LogP contribution in [0, 0.1) is 5.41 Å². The molecule has 1 aliphatic heterocycles. The van der Waals surface area contributed by atoms with Crippen molar-refractivity contribution in [2.45, 2.75) is 78.0 Å². The number of ether oxygens (including phenoxy) is 1. The van der Waals surface area contributed by atoms with Crippen LogP contribution in [0.4, 0.5) is 0 Å². The van der Waals surface area contributed by atoms with Gasteiger partial charge in [-0.25, -0.2) is 9.67 Å². The van der Waals surface area contributed by atoms with Gasteiger partial charge < -0.3 is 9.84 Å². The number of hydrogen-bond donors (Lipinski definition) is 1. The molecule has 3 rings (SSSR count). The number of aliphatic hydroxyl groups excluding tert-OH is 1. The molecule has 0 radical (unpaired) electrons. The maximum atomic E-state index is 10.9. The van der Waals surface area contributed by atoms with Crippen molar-refractivity contribution in [1.82, 2.24) is 14.8 Å². The molecular weight excluding hydrogens is 326 g/mol. The Hall–Kier alpha value is -1.88. The zero-order valence-electron chi connectivity index (χ0n) is 16.7. The van der Waals surface area contributed by atoms with E-state index in [0.29, 0.717) is 6.42 Å². The van der Waals surface area contributed by atoms with E-state index in [9.17, 15) is 5.11 Å². The normalized spacial score (nSPS) is 19.7. The molecular formula is C21H31N3O2. The summed E-state index contributed by atoms with van der Waals surface area (Å²) in [6.07, 6.45) is 4.25. The maximum Gasteiger partial charge on any atom is 0.137 e. The highest BCUT2D eigenvalue weighted by Crippen LogP contribution is 2.38. The minimum atomic E-state index is -0.540. The second-order valence-corrected chi connectivity index (χ2v) is 9.51. The molecule has 1 aromatic carbocycles. The third-order valence-electron chi connectivity index (χ3n) is 5.20. The summed E-state index contributed by atoms with van der Waals surface area (Å²) in [5.74, 6) is 0.964. The molecule has 5 nitrogen and oxygen atoms in total. The summed E-state index contributed by atoms with van der Waals surface area (Å²) < 4.78 is 7.96. The van der Waals surface area contributed by atoms with Crippen LogP contribution in [0.25, 0.3) is 0 Å². The van der Waals surface area contributed by atoms with E-state index in [1.165, 1.54) is 17.5 Å². The molecule has 0 bridgehead atoms. The maximum absolute atomic E-state index is 10.9. The molecule has 0 saturated heterocycles. The van der Waals surface area contributed by atoms with Gasteiger partial charge in [0, 0.05) is 12.8 Å². The van der Waals surface area contributed by atoms with Gasteiger partial charge in [0.15, 0.2) is 0 Å². The topological polar surface area (TPSA) is 60.2 Å². The molecule has 0 fully saturated rings. The quantitative estimate of drug-likeness (QED) is 0.901. The third kappa shape index (κ3) is 3.93. The Morgan fingerprint density at radius 3 is 2.54 bits per heavy atom. The van der Waals surface area contributed by atoms with Gasteiger partial charge in [-0.05, 0) is 28.0 Å². The number of hydrogen-bond acceptors (Lipinski definition) is 4. The lowest BCUT2D eigenvalue weighted by atomic mass is 9.82. The Morgan fingerprint density at radius 2 is 1.96 bits per heavy atom. The van der Waals surface area contributed by atoms with Gasteiger partial charge in [0.2, 0.25) is 0 Å². The lowest BCUT2D eigenvalue weighted by Crippen LogP contribution is -2.38. The van der Waals surface area contributed by atoms with Crippen molar-refractivity contribution < 1.29 is 9.84 Å². The molecule has 142 valence electrons. The van der Waals surface area contributed by atoms with E-state index in [2.05, 4.69) is 49.1 Å². The van der Waals surface area contributed by atoms with Crippen molar-refractivity contribution in [1.29, 1.82) is 0 Å². The molecule has 2 heterocycles. The molecule has 1 aromatic heterocycles. The fraction of sp³-hybridized carbons (Fsp3) is 0.619. The van der Waals surface area contributed by atoms with Crippen LogP contribution < -0.4 is 4.74 Å². The Kier molecular flexibility index (Phi) is 4.86. The van der Waals surface area contributed by atoms with Gasteiger partial charge in [0.1, 0.15) is 24.5 Å². The number of benzene rings is 1. The van der Waals surface area contributed by atoms with Gasteiger partial charge in [-0.2, -0.15) is 5.10 Å². The fourth-order valence-corrected chi connectivity index (χ4v) is 3.54.